The predicted octanol–water partition coefficient (Wildman–Crippen LogP) is 1.50. The maximum absolute atomic E-state index is 10.5. The van der Waals surface area contributed by atoms with Crippen LogP contribution in [0.25, 0.3) is 11.3 Å². The molecule has 2 aromatic rings. The number of aromatic nitrogens is 3. The number of hydrogen-bond donors (Lipinski definition) is 1. The lowest BCUT2D eigenvalue weighted by atomic mass is 10.1. The van der Waals surface area contributed by atoms with E-state index in [2.05, 4.69) is 10.1 Å². The van der Waals surface area contributed by atoms with Crippen molar-refractivity contribution in [2.75, 3.05) is 0 Å². The fourth-order valence-corrected chi connectivity index (χ4v) is 1.68. The molecule has 0 fully saturated rings. The molecular weight excluding hydrogens is 218 g/mol. The third-order valence-corrected chi connectivity index (χ3v) is 2.50. The quantitative estimate of drug-likeness (QED) is 0.865. The molecule has 0 saturated heterocycles. The van der Waals surface area contributed by atoms with Crippen LogP contribution in [0, 0.1) is 0 Å². The molecule has 17 heavy (non-hydrogen) atoms. The molecule has 0 aliphatic heterocycles. The maximum Gasteiger partial charge on any atom is 0.303 e. The van der Waals surface area contributed by atoms with Crippen LogP contribution in [-0.2, 0) is 18.3 Å². The van der Waals surface area contributed by atoms with Crippen molar-refractivity contribution < 1.29 is 9.90 Å². The van der Waals surface area contributed by atoms with Crippen molar-refractivity contribution in [2.24, 2.45) is 7.05 Å². The summed E-state index contributed by atoms with van der Waals surface area (Å²) in [6.07, 6.45) is 4.00. The SMILES string of the molecule is Cn1nc(CCC(=O)O)cc1-c1ccncc1. The van der Waals surface area contributed by atoms with Crippen LogP contribution in [0.1, 0.15) is 12.1 Å². The molecular formula is C12H13N3O2. The first kappa shape index (κ1) is 11.3. The molecule has 0 aliphatic rings. The summed E-state index contributed by atoms with van der Waals surface area (Å²) in [6.45, 7) is 0. The number of rotatable bonds is 4. The minimum atomic E-state index is -0.805. The minimum Gasteiger partial charge on any atom is -0.481 e. The summed E-state index contributed by atoms with van der Waals surface area (Å²) >= 11 is 0. The number of carboxylic acid groups (broad SMARTS) is 1. The highest BCUT2D eigenvalue weighted by atomic mass is 16.4. The predicted molar refractivity (Wildman–Crippen MR) is 62.4 cm³/mol. The minimum absolute atomic E-state index is 0.104. The zero-order valence-corrected chi connectivity index (χ0v) is 9.50. The van der Waals surface area contributed by atoms with E-state index < -0.39 is 5.97 Å². The van der Waals surface area contributed by atoms with Gasteiger partial charge in [0, 0.05) is 31.4 Å². The molecule has 0 spiro atoms. The van der Waals surface area contributed by atoms with Gasteiger partial charge in [-0.05, 0) is 18.2 Å². The van der Waals surface area contributed by atoms with Crippen molar-refractivity contribution in [1.82, 2.24) is 14.8 Å². The van der Waals surface area contributed by atoms with Crippen molar-refractivity contribution in [3.05, 3.63) is 36.3 Å². The van der Waals surface area contributed by atoms with Crippen LogP contribution in [0.5, 0.6) is 0 Å². The molecule has 0 bridgehead atoms. The van der Waals surface area contributed by atoms with E-state index in [1.807, 2.05) is 25.2 Å². The number of nitrogens with zero attached hydrogens (tertiary/aromatic N) is 3. The van der Waals surface area contributed by atoms with Crippen molar-refractivity contribution in [1.29, 1.82) is 0 Å². The highest BCUT2D eigenvalue weighted by molar-refractivity contribution is 5.67. The molecule has 0 radical (unpaired) electrons. The lowest BCUT2D eigenvalue weighted by Crippen LogP contribution is -1.99. The summed E-state index contributed by atoms with van der Waals surface area (Å²) in [5.41, 5.74) is 2.78. The first-order valence-electron chi connectivity index (χ1n) is 5.32. The number of aliphatic carboxylic acids is 1. The zero-order chi connectivity index (χ0) is 12.3. The average molecular weight is 231 g/mol. The van der Waals surface area contributed by atoms with Gasteiger partial charge >= 0.3 is 5.97 Å². The lowest BCUT2D eigenvalue weighted by molar-refractivity contribution is -0.136. The average Bonchev–Trinajstić information content (AvgIpc) is 2.69. The molecule has 88 valence electrons. The highest BCUT2D eigenvalue weighted by Gasteiger charge is 2.08. The van der Waals surface area contributed by atoms with Gasteiger partial charge in [-0.3, -0.25) is 14.5 Å². The second-order valence-electron chi connectivity index (χ2n) is 3.77. The van der Waals surface area contributed by atoms with Gasteiger partial charge in [0.25, 0.3) is 0 Å². The topological polar surface area (TPSA) is 68.0 Å². The molecule has 0 amide bonds. The Hall–Kier alpha value is -2.17. The Labute approximate surface area is 98.7 Å². The van der Waals surface area contributed by atoms with E-state index >= 15 is 0 Å². The summed E-state index contributed by atoms with van der Waals surface area (Å²) in [5.74, 6) is -0.805. The van der Waals surface area contributed by atoms with Crippen LogP contribution < -0.4 is 0 Å². The summed E-state index contributed by atoms with van der Waals surface area (Å²) < 4.78 is 1.76. The van der Waals surface area contributed by atoms with Gasteiger partial charge in [-0.1, -0.05) is 0 Å². The summed E-state index contributed by atoms with van der Waals surface area (Å²) in [6, 6.07) is 5.72. The van der Waals surface area contributed by atoms with E-state index in [9.17, 15) is 4.79 Å². The highest BCUT2D eigenvalue weighted by Crippen LogP contribution is 2.19. The summed E-state index contributed by atoms with van der Waals surface area (Å²) in [5, 5.41) is 12.9. The largest absolute Gasteiger partial charge is 0.481 e. The molecule has 0 unspecified atom stereocenters. The molecule has 2 aromatic heterocycles. The molecule has 0 saturated carbocycles. The van der Waals surface area contributed by atoms with E-state index in [0.717, 1.165) is 17.0 Å². The van der Waals surface area contributed by atoms with Crippen molar-refractivity contribution in [3.8, 4) is 11.3 Å². The molecule has 0 aromatic carbocycles. The normalized spacial score (nSPS) is 10.4. The van der Waals surface area contributed by atoms with Crippen molar-refractivity contribution in [2.45, 2.75) is 12.8 Å². The molecule has 0 atom stereocenters. The van der Waals surface area contributed by atoms with E-state index in [4.69, 9.17) is 5.11 Å². The summed E-state index contributed by atoms with van der Waals surface area (Å²) in [7, 11) is 1.85. The molecule has 2 heterocycles. The Morgan fingerprint density at radius 3 is 2.76 bits per heavy atom. The Morgan fingerprint density at radius 2 is 2.12 bits per heavy atom. The first-order valence-corrected chi connectivity index (χ1v) is 5.32. The van der Waals surface area contributed by atoms with Gasteiger partial charge < -0.3 is 5.11 Å². The Kier molecular flexibility index (Phi) is 3.18. The van der Waals surface area contributed by atoms with Crippen molar-refractivity contribution >= 4 is 5.97 Å². The number of carboxylic acids is 1. The van der Waals surface area contributed by atoms with Crippen LogP contribution in [0.3, 0.4) is 0 Å². The standard InChI is InChI=1S/C12H13N3O2/c1-15-11(9-4-6-13-7-5-9)8-10(14-15)2-3-12(16)17/h4-8H,2-3H2,1H3,(H,16,17). The van der Waals surface area contributed by atoms with E-state index in [1.54, 1.807) is 17.1 Å². The number of carbonyl (C=O) groups is 1. The van der Waals surface area contributed by atoms with Crippen LogP contribution in [0.4, 0.5) is 0 Å². The number of pyridine rings is 1. The van der Waals surface area contributed by atoms with Gasteiger partial charge in [0.05, 0.1) is 17.8 Å². The van der Waals surface area contributed by atoms with Crippen molar-refractivity contribution in [3.63, 3.8) is 0 Å². The van der Waals surface area contributed by atoms with E-state index in [0.29, 0.717) is 6.42 Å². The Morgan fingerprint density at radius 1 is 1.41 bits per heavy atom. The Balaban J connectivity index is 2.22. The van der Waals surface area contributed by atoms with Crippen LogP contribution in [0.15, 0.2) is 30.6 Å². The van der Waals surface area contributed by atoms with E-state index in [-0.39, 0.29) is 6.42 Å². The zero-order valence-electron chi connectivity index (χ0n) is 9.50. The second kappa shape index (κ2) is 4.78. The lowest BCUT2D eigenvalue weighted by Gasteiger charge is -1.99. The number of aryl methyl sites for hydroxylation is 2. The third-order valence-electron chi connectivity index (χ3n) is 2.50. The smallest absolute Gasteiger partial charge is 0.303 e. The van der Waals surface area contributed by atoms with E-state index in [1.165, 1.54) is 0 Å². The monoisotopic (exact) mass is 231 g/mol. The van der Waals surface area contributed by atoms with Gasteiger partial charge in [-0.2, -0.15) is 5.10 Å². The molecule has 5 nitrogen and oxygen atoms in total. The van der Waals surface area contributed by atoms with Gasteiger partial charge in [-0.25, -0.2) is 0 Å². The molecule has 2 rings (SSSR count). The van der Waals surface area contributed by atoms with Gasteiger partial charge in [0.2, 0.25) is 0 Å². The van der Waals surface area contributed by atoms with Crippen LogP contribution >= 0.6 is 0 Å². The maximum atomic E-state index is 10.5. The third kappa shape index (κ3) is 2.69. The fourth-order valence-electron chi connectivity index (χ4n) is 1.68. The van der Waals surface area contributed by atoms with Crippen LogP contribution in [-0.4, -0.2) is 25.8 Å². The second-order valence-corrected chi connectivity index (χ2v) is 3.77. The fraction of sp³-hybridized carbons (Fsp3) is 0.250. The van der Waals surface area contributed by atoms with Crippen LogP contribution in [0.2, 0.25) is 0 Å². The Bertz CT molecular complexity index is 520. The molecule has 5 heteroatoms. The molecule has 1 N–H and O–H groups in total. The summed E-state index contributed by atoms with van der Waals surface area (Å²) in [4.78, 5) is 14.5. The van der Waals surface area contributed by atoms with Gasteiger partial charge in [0.15, 0.2) is 0 Å². The first-order chi connectivity index (χ1) is 8.16. The van der Waals surface area contributed by atoms with Gasteiger partial charge in [-0.15, -0.1) is 0 Å². The molecule has 0 aliphatic carbocycles. The van der Waals surface area contributed by atoms with Gasteiger partial charge in [0.1, 0.15) is 0 Å². The number of hydrogen-bond acceptors (Lipinski definition) is 3.